The highest BCUT2D eigenvalue weighted by molar-refractivity contribution is 5.85. The lowest BCUT2D eigenvalue weighted by Gasteiger charge is -1.98. The Morgan fingerprint density at radius 2 is 0.542 bits per heavy atom. The Hall–Kier alpha value is -1.96. The zero-order valence-electron chi connectivity index (χ0n) is 17.5. The maximum Gasteiger partial charge on any atom is 0.0894 e. The highest BCUT2D eigenvalue weighted by atomic mass is 14.8. The van der Waals surface area contributed by atoms with Gasteiger partial charge in [0.25, 0.3) is 0 Å². The van der Waals surface area contributed by atoms with Crippen LogP contribution in [0.25, 0.3) is 22.1 Å². The van der Waals surface area contributed by atoms with E-state index in [1.807, 2.05) is 118 Å². The minimum absolute atomic E-state index is 0.950. The van der Waals surface area contributed by atoms with Crippen LogP contribution in [-0.4, -0.2) is 9.97 Å². The molecule has 0 aliphatic rings. The fraction of sp³-hybridized carbons (Fsp3) is 0.455. The molecule has 1 heterocycles. The van der Waals surface area contributed by atoms with E-state index in [9.17, 15) is 0 Å². The normalized spacial score (nSPS) is 7.58. The van der Waals surface area contributed by atoms with Crippen LogP contribution in [0.5, 0.6) is 0 Å². The van der Waals surface area contributed by atoms with Crippen LogP contribution in [0, 0.1) is 0 Å². The molecule has 0 radical (unpaired) electrons. The molecule has 0 fully saturated rings. The number of rotatable bonds is 0. The van der Waals surface area contributed by atoms with Crippen LogP contribution in [0.2, 0.25) is 0 Å². The number of benzene rings is 2. The van der Waals surface area contributed by atoms with Gasteiger partial charge in [0.1, 0.15) is 0 Å². The molecule has 0 spiro atoms. The summed E-state index contributed by atoms with van der Waals surface area (Å²) in [7, 11) is 0. The Bertz CT molecular complexity index is 499. The van der Waals surface area contributed by atoms with Crippen molar-refractivity contribution in [2.75, 3.05) is 0 Å². The maximum atomic E-state index is 4.52. The van der Waals surface area contributed by atoms with Crippen molar-refractivity contribution >= 4 is 22.1 Å². The molecule has 0 bridgehead atoms. The molecule has 2 aromatic carbocycles. The third-order valence-electron chi connectivity index (χ3n) is 2.25. The van der Waals surface area contributed by atoms with E-state index >= 15 is 0 Å². The van der Waals surface area contributed by atoms with Crippen LogP contribution in [0.15, 0.2) is 48.5 Å². The van der Waals surface area contributed by atoms with Crippen molar-refractivity contribution in [1.82, 2.24) is 9.97 Å². The molecule has 0 aliphatic carbocycles. The Morgan fingerprint density at radius 1 is 0.375 bits per heavy atom. The first-order valence-electron chi connectivity index (χ1n) is 9.55. The molecule has 0 N–H and O–H groups in total. The van der Waals surface area contributed by atoms with Crippen LogP contribution in [0.1, 0.15) is 69.2 Å². The Labute approximate surface area is 150 Å². The van der Waals surface area contributed by atoms with Gasteiger partial charge in [0.15, 0.2) is 0 Å². The number of fused-ring (bicyclic) bond motifs is 2. The lowest BCUT2D eigenvalue weighted by Crippen LogP contribution is -1.85. The molecule has 3 aromatic rings. The Kier molecular flexibility index (Phi) is 23.6. The molecule has 2 heteroatoms. The van der Waals surface area contributed by atoms with Gasteiger partial charge >= 0.3 is 0 Å². The van der Waals surface area contributed by atoms with E-state index in [0.29, 0.717) is 0 Å². The van der Waals surface area contributed by atoms with E-state index in [2.05, 4.69) is 9.97 Å². The molecule has 0 aliphatic heterocycles. The SMILES string of the molecule is CC.CC.CC.CC.CC.c1ccc2nc3ccccc3nc2c1. The third-order valence-corrected chi connectivity index (χ3v) is 2.25. The standard InChI is InChI=1S/C12H8N2.5C2H6/c1-2-6-10-9(5-1)13-11-7-3-4-8-12(11)14-10;5*1-2/h1-8H;5*1-2H3. The Morgan fingerprint density at radius 3 is 0.708 bits per heavy atom. The molecule has 0 saturated heterocycles. The monoisotopic (exact) mass is 330 g/mol. The topological polar surface area (TPSA) is 25.8 Å². The molecule has 2 nitrogen and oxygen atoms in total. The Balaban J connectivity index is -0.000000384. The van der Waals surface area contributed by atoms with Crippen molar-refractivity contribution in [2.45, 2.75) is 69.2 Å². The van der Waals surface area contributed by atoms with Crippen LogP contribution >= 0.6 is 0 Å². The zero-order valence-corrected chi connectivity index (χ0v) is 17.5. The summed E-state index contributed by atoms with van der Waals surface area (Å²) in [6.45, 7) is 20.0. The summed E-state index contributed by atoms with van der Waals surface area (Å²) in [5.74, 6) is 0. The van der Waals surface area contributed by atoms with Crippen molar-refractivity contribution < 1.29 is 0 Å². The van der Waals surface area contributed by atoms with Gasteiger partial charge in [-0.25, -0.2) is 9.97 Å². The van der Waals surface area contributed by atoms with E-state index in [0.717, 1.165) is 22.1 Å². The van der Waals surface area contributed by atoms with Gasteiger partial charge in [-0.2, -0.15) is 0 Å². The van der Waals surface area contributed by atoms with Crippen LogP contribution < -0.4 is 0 Å². The molecule has 24 heavy (non-hydrogen) atoms. The highest BCUT2D eigenvalue weighted by Gasteiger charge is 1.98. The van der Waals surface area contributed by atoms with Gasteiger partial charge in [0, 0.05) is 0 Å². The molecular formula is C22H38N2. The molecule has 0 saturated carbocycles. The second-order valence-corrected chi connectivity index (χ2v) is 3.20. The second kappa shape index (κ2) is 21.0. The first-order valence-corrected chi connectivity index (χ1v) is 9.55. The van der Waals surface area contributed by atoms with Crippen LogP contribution in [0.4, 0.5) is 0 Å². The largest absolute Gasteiger partial charge is 0.245 e. The predicted octanol–water partition coefficient (Wildman–Crippen LogP) is 7.91. The van der Waals surface area contributed by atoms with Gasteiger partial charge in [-0.05, 0) is 24.3 Å². The van der Waals surface area contributed by atoms with Crippen molar-refractivity contribution in [2.24, 2.45) is 0 Å². The molecule has 0 unspecified atom stereocenters. The number of aromatic nitrogens is 2. The number of hydrogen-bond acceptors (Lipinski definition) is 2. The van der Waals surface area contributed by atoms with E-state index in [1.165, 1.54) is 0 Å². The van der Waals surface area contributed by atoms with Crippen molar-refractivity contribution in [3.05, 3.63) is 48.5 Å². The van der Waals surface area contributed by atoms with Gasteiger partial charge in [0.2, 0.25) is 0 Å². The smallest absolute Gasteiger partial charge is 0.0894 e. The quantitative estimate of drug-likeness (QED) is 0.391. The fourth-order valence-electron chi connectivity index (χ4n) is 1.57. The lowest BCUT2D eigenvalue weighted by atomic mass is 10.2. The summed E-state index contributed by atoms with van der Waals surface area (Å²) in [6.07, 6.45) is 0. The van der Waals surface area contributed by atoms with E-state index in [1.54, 1.807) is 0 Å². The number of para-hydroxylation sites is 4. The molecule has 1 aromatic heterocycles. The van der Waals surface area contributed by atoms with Crippen LogP contribution in [-0.2, 0) is 0 Å². The summed E-state index contributed by atoms with van der Waals surface area (Å²) < 4.78 is 0. The predicted molar refractivity (Wildman–Crippen MR) is 114 cm³/mol. The molecule has 0 amide bonds. The number of nitrogens with zero attached hydrogens (tertiary/aromatic N) is 2. The number of hydrogen-bond donors (Lipinski definition) is 0. The minimum atomic E-state index is 0.950. The molecule has 3 rings (SSSR count). The third kappa shape index (κ3) is 9.24. The maximum absolute atomic E-state index is 4.52. The summed E-state index contributed by atoms with van der Waals surface area (Å²) >= 11 is 0. The first kappa shape index (κ1) is 26.9. The van der Waals surface area contributed by atoms with Crippen molar-refractivity contribution in [3.63, 3.8) is 0 Å². The van der Waals surface area contributed by atoms with Crippen molar-refractivity contribution in [3.8, 4) is 0 Å². The molecular weight excluding hydrogens is 292 g/mol. The fourth-order valence-corrected chi connectivity index (χ4v) is 1.57. The van der Waals surface area contributed by atoms with Crippen molar-refractivity contribution in [1.29, 1.82) is 0 Å². The first-order chi connectivity index (χ1) is 11.9. The summed E-state index contributed by atoms with van der Waals surface area (Å²) in [4.78, 5) is 9.03. The lowest BCUT2D eigenvalue weighted by molar-refractivity contribution is 1.39. The van der Waals surface area contributed by atoms with E-state index in [4.69, 9.17) is 0 Å². The summed E-state index contributed by atoms with van der Waals surface area (Å²) in [6, 6.07) is 15.8. The summed E-state index contributed by atoms with van der Waals surface area (Å²) in [5.41, 5.74) is 3.80. The average molecular weight is 331 g/mol. The van der Waals surface area contributed by atoms with Gasteiger partial charge in [-0.3, -0.25) is 0 Å². The average Bonchev–Trinajstić information content (AvgIpc) is 2.74. The van der Waals surface area contributed by atoms with E-state index < -0.39 is 0 Å². The molecule has 136 valence electrons. The molecule has 0 atom stereocenters. The summed E-state index contributed by atoms with van der Waals surface area (Å²) in [5, 5.41) is 0. The zero-order chi connectivity index (χ0) is 19.4. The van der Waals surface area contributed by atoms with Crippen LogP contribution in [0.3, 0.4) is 0 Å². The highest BCUT2D eigenvalue weighted by Crippen LogP contribution is 2.14. The van der Waals surface area contributed by atoms with Gasteiger partial charge < -0.3 is 0 Å². The minimum Gasteiger partial charge on any atom is -0.245 e. The van der Waals surface area contributed by atoms with Gasteiger partial charge in [-0.15, -0.1) is 0 Å². The van der Waals surface area contributed by atoms with Gasteiger partial charge in [0.05, 0.1) is 22.1 Å². The second-order valence-electron chi connectivity index (χ2n) is 3.20. The van der Waals surface area contributed by atoms with Gasteiger partial charge in [-0.1, -0.05) is 93.5 Å². The van der Waals surface area contributed by atoms with E-state index in [-0.39, 0.29) is 0 Å².